The molecule has 1 saturated heterocycles. The molecule has 116 valence electrons. The van der Waals surface area contributed by atoms with Crippen LogP contribution in [0, 0.1) is 13.8 Å². The summed E-state index contributed by atoms with van der Waals surface area (Å²) in [5.41, 5.74) is 3.74. The predicted octanol–water partition coefficient (Wildman–Crippen LogP) is 4.00. The van der Waals surface area contributed by atoms with E-state index in [4.69, 9.17) is 0 Å². The molecule has 1 aliphatic heterocycles. The van der Waals surface area contributed by atoms with Gasteiger partial charge in [-0.25, -0.2) is 9.97 Å². The van der Waals surface area contributed by atoms with Gasteiger partial charge in [-0.3, -0.25) is 0 Å². The van der Waals surface area contributed by atoms with E-state index in [2.05, 4.69) is 58.3 Å². The smallest absolute Gasteiger partial charge is 0.136 e. The third-order valence-electron chi connectivity index (χ3n) is 4.25. The van der Waals surface area contributed by atoms with Gasteiger partial charge in [-0.05, 0) is 44.2 Å². The highest BCUT2D eigenvalue weighted by molar-refractivity contribution is 5.66. The first kappa shape index (κ1) is 14.8. The van der Waals surface area contributed by atoms with Gasteiger partial charge in [-0.15, -0.1) is 0 Å². The van der Waals surface area contributed by atoms with Gasteiger partial charge in [0.2, 0.25) is 0 Å². The first-order valence-corrected chi connectivity index (χ1v) is 8.13. The number of aromatic nitrogens is 2. The van der Waals surface area contributed by atoms with Gasteiger partial charge >= 0.3 is 0 Å². The van der Waals surface area contributed by atoms with Crippen molar-refractivity contribution in [1.29, 1.82) is 0 Å². The lowest BCUT2D eigenvalue weighted by atomic mass is 10.1. The number of nitrogens with one attached hydrogen (secondary N) is 1. The van der Waals surface area contributed by atoms with Crippen molar-refractivity contribution in [3.05, 3.63) is 41.2 Å². The van der Waals surface area contributed by atoms with E-state index < -0.39 is 0 Å². The maximum atomic E-state index is 4.60. The van der Waals surface area contributed by atoms with E-state index in [-0.39, 0.29) is 0 Å². The molecule has 2 heterocycles. The third-order valence-corrected chi connectivity index (χ3v) is 4.25. The van der Waals surface area contributed by atoms with Crippen LogP contribution in [0.25, 0.3) is 0 Å². The third kappa shape index (κ3) is 3.06. The van der Waals surface area contributed by atoms with E-state index in [1.807, 2.05) is 6.92 Å². The number of aryl methyl sites for hydroxylation is 3. The van der Waals surface area contributed by atoms with Gasteiger partial charge in [0.1, 0.15) is 17.5 Å². The van der Waals surface area contributed by atoms with Crippen molar-refractivity contribution in [3.8, 4) is 0 Å². The molecular weight excluding hydrogens is 272 g/mol. The molecule has 1 N–H and O–H groups in total. The molecule has 4 heteroatoms. The highest BCUT2D eigenvalue weighted by Gasteiger charge is 2.15. The zero-order valence-electron chi connectivity index (χ0n) is 13.7. The lowest BCUT2D eigenvalue weighted by Gasteiger charge is -2.19. The summed E-state index contributed by atoms with van der Waals surface area (Å²) in [6, 6.07) is 8.49. The minimum Gasteiger partial charge on any atom is -0.356 e. The number of benzene rings is 1. The quantitative estimate of drug-likeness (QED) is 0.926. The molecule has 1 aromatic carbocycles. The summed E-state index contributed by atoms with van der Waals surface area (Å²) in [4.78, 5) is 11.5. The first-order valence-electron chi connectivity index (χ1n) is 8.13. The lowest BCUT2D eigenvalue weighted by Crippen LogP contribution is -2.19. The molecule has 3 rings (SSSR count). The Morgan fingerprint density at radius 2 is 1.91 bits per heavy atom. The summed E-state index contributed by atoms with van der Waals surface area (Å²) >= 11 is 0. The Kier molecular flexibility index (Phi) is 4.27. The largest absolute Gasteiger partial charge is 0.356 e. The molecule has 1 fully saturated rings. The molecule has 0 bridgehead atoms. The van der Waals surface area contributed by atoms with Crippen molar-refractivity contribution in [2.24, 2.45) is 0 Å². The molecule has 4 nitrogen and oxygen atoms in total. The fourth-order valence-electron chi connectivity index (χ4n) is 3.05. The van der Waals surface area contributed by atoms with Gasteiger partial charge in [0.15, 0.2) is 0 Å². The number of para-hydroxylation sites is 1. The standard InChI is InChI=1S/C18H24N4/c1-4-15-9-7-8-13(2)18(15)21-16-12-17(20-14(3)19-16)22-10-5-6-11-22/h7-9,12H,4-6,10-11H2,1-3H3,(H,19,20,21). The van der Waals surface area contributed by atoms with Crippen molar-refractivity contribution in [2.45, 2.75) is 40.0 Å². The average molecular weight is 296 g/mol. The van der Waals surface area contributed by atoms with Gasteiger partial charge < -0.3 is 10.2 Å². The minimum absolute atomic E-state index is 0.818. The van der Waals surface area contributed by atoms with Crippen LogP contribution in [-0.4, -0.2) is 23.1 Å². The Balaban J connectivity index is 1.92. The summed E-state index contributed by atoms with van der Waals surface area (Å²) in [5, 5.41) is 3.52. The number of rotatable bonds is 4. The van der Waals surface area contributed by atoms with Crippen molar-refractivity contribution >= 4 is 17.3 Å². The van der Waals surface area contributed by atoms with Crippen LogP contribution >= 0.6 is 0 Å². The van der Waals surface area contributed by atoms with Crippen LogP contribution in [0.3, 0.4) is 0 Å². The van der Waals surface area contributed by atoms with E-state index in [1.165, 1.54) is 29.7 Å². The molecule has 0 atom stereocenters. The van der Waals surface area contributed by atoms with Gasteiger partial charge in [-0.2, -0.15) is 0 Å². The Hall–Kier alpha value is -2.10. The van der Waals surface area contributed by atoms with E-state index >= 15 is 0 Å². The molecule has 0 spiro atoms. The van der Waals surface area contributed by atoms with Crippen molar-refractivity contribution in [2.75, 3.05) is 23.3 Å². The molecule has 22 heavy (non-hydrogen) atoms. The fourth-order valence-corrected chi connectivity index (χ4v) is 3.05. The highest BCUT2D eigenvalue weighted by atomic mass is 15.2. The van der Waals surface area contributed by atoms with Crippen LogP contribution in [-0.2, 0) is 6.42 Å². The maximum absolute atomic E-state index is 4.60. The Morgan fingerprint density at radius 3 is 2.64 bits per heavy atom. The van der Waals surface area contributed by atoms with E-state index in [1.54, 1.807) is 0 Å². The molecule has 0 aliphatic carbocycles. The Bertz CT molecular complexity index is 660. The molecule has 1 aromatic heterocycles. The zero-order valence-corrected chi connectivity index (χ0v) is 13.7. The Labute approximate surface area is 132 Å². The predicted molar refractivity (Wildman–Crippen MR) is 92.1 cm³/mol. The second-order valence-electron chi connectivity index (χ2n) is 5.94. The summed E-state index contributed by atoms with van der Waals surface area (Å²) in [6.07, 6.45) is 3.51. The van der Waals surface area contributed by atoms with E-state index in [9.17, 15) is 0 Å². The van der Waals surface area contributed by atoms with Crippen LogP contribution in [0.4, 0.5) is 17.3 Å². The van der Waals surface area contributed by atoms with Gasteiger partial charge in [0, 0.05) is 24.8 Å². The van der Waals surface area contributed by atoms with Crippen LogP contribution in [0.5, 0.6) is 0 Å². The van der Waals surface area contributed by atoms with Crippen LogP contribution in [0.15, 0.2) is 24.3 Å². The first-order chi connectivity index (χ1) is 10.7. The molecule has 0 amide bonds. The maximum Gasteiger partial charge on any atom is 0.136 e. The topological polar surface area (TPSA) is 41.0 Å². The summed E-state index contributed by atoms with van der Waals surface area (Å²) in [5.74, 6) is 2.75. The van der Waals surface area contributed by atoms with E-state index in [0.717, 1.165) is 37.0 Å². The summed E-state index contributed by atoms with van der Waals surface area (Å²) < 4.78 is 0. The molecule has 2 aromatic rings. The Morgan fingerprint density at radius 1 is 1.14 bits per heavy atom. The van der Waals surface area contributed by atoms with Gasteiger partial charge in [0.25, 0.3) is 0 Å². The van der Waals surface area contributed by atoms with Gasteiger partial charge in [0.05, 0.1) is 0 Å². The zero-order chi connectivity index (χ0) is 15.5. The molecule has 0 saturated carbocycles. The van der Waals surface area contributed by atoms with Crippen molar-refractivity contribution in [3.63, 3.8) is 0 Å². The number of nitrogens with zero attached hydrogens (tertiary/aromatic N) is 3. The molecule has 0 radical (unpaired) electrons. The van der Waals surface area contributed by atoms with Crippen LogP contribution < -0.4 is 10.2 Å². The molecule has 0 unspecified atom stereocenters. The SMILES string of the molecule is CCc1cccc(C)c1Nc1cc(N2CCCC2)nc(C)n1. The highest BCUT2D eigenvalue weighted by Crippen LogP contribution is 2.27. The average Bonchev–Trinajstić information content (AvgIpc) is 3.03. The molecular formula is C18H24N4. The summed E-state index contributed by atoms with van der Waals surface area (Å²) in [6.45, 7) is 8.47. The summed E-state index contributed by atoms with van der Waals surface area (Å²) in [7, 11) is 0. The monoisotopic (exact) mass is 296 g/mol. The number of hydrogen-bond donors (Lipinski definition) is 1. The second-order valence-corrected chi connectivity index (χ2v) is 5.94. The van der Waals surface area contributed by atoms with Crippen LogP contribution in [0.2, 0.25) is 0 Å². The van der Waals surface area contributed by atoms with Crippen LogP contribution in [0.1, 0.15) is 36.7 Å². The van der Waals surface area contributed by atoms with Gasteiger partial charge in [-0.1, -0.05) is 25.1 Å². The van der Waals surface area contributed by atoms with Crippen molar-refractivity contribution in [1.82, 2.24) is 9.97 Å². The number of hydrogen-bond acceptors (Lipinski definition) is 4. The minimum atomic E-state index is 0.818. The second kappa shape index (κ2) is 6.34. The lowest BCUT2D eigenvalue weighted by molar-refractivity contribution is 0.911. The fraction of sp³-hybridized carbons (Fsp3) is 0.444. The normalized spacial score (nSPS) is 14.4. The molecule has 1 aliphatic rings. The number of anilines is 3. The van der Waals surface area contributed by atoms with Crippen molar-refractivity contribution < 1.29 is 0 Å². The van der Waals surface area contributed by atoms with E-state index in [0.29, 0.717) is 0 Å².